The zero-order chi connectivity index (χ0) is 14.1. The summed E-state index contributed by atoms with van der Waals surface area (Å²) >= 11 is 0. The molecule has 0 saturated carbocycles. The molecular weight excluding hydrogens is 252 g/mol. The standard InChI is InChI=1S/C12H12F4O2/c1-11(2,18-3)10(17)7-4-5-9(13)8(6-7)12(14,15)16/h4-6H,1-3H3. The van der Waals surface area contributed by atoms with Gasteiger partial charge in [-0.2, -0.15) is 13.2 Å². The van der Waals surface area contributed by atoms with Crippen molar-refractivity contribution in [3.8, 4) is 0 Å². The number of carbonyl (C=O) groups excluding carboxylic acids is 1. The van der Waals surface area contributed by atoms with Crippen LogP contribution in [0.4, 0.5) is 17.6 Å². The van der Waals surface area contributed by atoms with Crippen molar-refractivity contribution in [1.82, 2.24) is 0 Å². The van der Waals surface area contributed by atoms with Crippen LogP contribution in [0.25, 0.3) is 0 Å². The summed E-state index contributed by atoms with van der Waals surface area (Å²) in [5.41, 5.74) is -2.96. The van der Waals surface area contributed by atoms with Gasteiger partial charge in [0, 0.05) is 12.7 Å². The number of ketones is 1. The summed E-state index contributed by atoms with van der Waals surface area (Å²) in [6, 6.07) is 2.13. The van der Waals surface area contributed by atoms with Crippen LogP contribution in [-0.2, 0) is 10.9 Å². The second kappa shape index (κ2) is 4.68. The fraction of sp³-hybridized carbons (Fsp3) is 0.417. The van der Waals surface area contributed by atoms with Crippen molar-refractivity contribution in [3.63, 3.8) is 0 Å². The molecule has 1 aromatic rings. The molecule has 0 saturated heterocycles. The number of methoxy groups -OCH3 is 1. The molecule has 0 aliphatic carbocycles. The first-order valence-corrected chi connectivity index (χ1v) is 5.06. The van der Waals surface area contributed by atoms with E-state index in [-0.39, 0.29) is 5.56 Å². The molecule has 0 unspecified atom stereocenters. The average Bonchev–Trinajstić information content (AvgIpc) is 2.27. The number of hydrogen-bond donors (Lipinski definition) is 0. The van der Waals surface area contributed by atoms with Crippen LogP contribution in [-0.4, -0.2) is 18.5 Å². The maximum absolute atomic E-state index is 13.0. The van der Waals surface area contributed by atoms with Crippen molar-refractivity contribution < 1.29 is 27.1 Å². The van der Waals surface area contributed by atoms with Gasteiger partial charge < -0.3 is 4.74 Å². The number of carbonyl (C=O) groups is 1. The van der Waals surface area contributed by atoms with Crippen LogP contribution < -0.4 is 0 Å². The van der Waals surface area contributed by atoms with E-state index in [0.29, 0.717) is 12.1 Å². The van der Waals surface area contributed by atoms with E-state index >= 15 is 0 Å². The van der Waals surface area contributed by atoms with Crippen LogP contribution in [0.2, 0.25) is 0 Å². The third-order valence-corrected chi connectivity index (χ3v) is 2.59. The van der Waals surface area contributed by atoms with Crippen LogP contribution in [0.15, 0.2) is 18.2 Å². The summed E-state index contributed by atoms with van der Waals surface area (Å²) in [7, 11) is 1.27. The minimum Gasteiger partial charge on any atom is -0.371 e. The Balaban J connectivity index is 3.26. The van der Waals surface area contributed by atoms with Gasteiger partial charge in [-0.1, -0.05) is 0 Å². The summed E-state index contributed by atoms with van der Waals surface area (Å²) < 4.78 is 55.4. The van der Waals surface area contributed by atoms with Gasteiger partial charge in [-0.15, -0.1) is 0 Å². The fourth-order valence-electron chi connectivity index (χ4n) is 1.32. The molecule has 0 fully saturated rings. The largest absolute Gasteiger partial charge is 0.419 e. The van der Waals surface area contributed by atoms with Crippen LogP contribution >= 0.6 is 0 Å². The van der Waals surface area contributed by atoms with Crippen molar-refractivity contribution in [3.05, 3.63) is 35.1 Å². The van der Waals surface area contributed by atoms with E-state index < -0.39 is 28.9 Å². The number of hydrogen-bond acceptors (Lipinski definition) is 2. The number of halogens is 4. The van der Waals surface area contributed by atoms with Crippen LogP contribution in [0, 0.1) is 5.82 Å². The molecule has 6 heteroatoms. The average molecular weight is 264 g/mol. The lowest BCUT2D eigenvalue weighted by atomic mass is 9.95. The molecule has 0 atom stereocenters. The Morgan fingerprint density at radius 1 is 1.22 bits per heavy atom. The minimum absolute atomic E-state index is 0.240. The predicted octanol–water partition coefficient (Wildman–Crippen LogP) is 3.45. The van der Waals surface area contributed by atoms with E-state index in [1.807, 2.05) is 0 Å². The molecule has 0 amide bonds. The first-order chi connectivity index (χ1) is 8.09. The van der Waals surface area contributed by atoms with E-state index in [1.165, 1.54) is 21.0 Å². The second-order valence-corrected chi connectivity index (χ2v) is 4.24. The Labute approximate surface area is 102 Å². The molecule has 0 radical (unpaired) electrons. The van der Waals surface area contributed by atoms with Gasteiger partial charge in [0.2, 0.25) is 0 Å². The number of rotatable bonds is 3. The molecule has 0 aliphatic heterocycles. The van der Waals surface area contributed by atoms with Crippen molar-refractivity contribution in [2.24, 2.45) is 0 Å². The molecule has 1 aromatic carbocycles. The quantitative estimate of drug-likeness (QED) is 0.617. The molecule has 100 valence electrons. The first kappa shape index (κ1) is 14.6. The van der Waals surface area contributed by atoms with Gasteiger partial charge in [-0.25, -0.2) is 4.39 Å². The highest BCUT2D eigenvalue weighted by atomic mass is 19.4. The molecule has 2 nitrogen and oxygen atoms in total. The molecule has 0 aliphatic rings. The third-order valence-electron chi connectivity index (χ3n) is 2.59. The predicted molar refractivity (Wildman–Crippen MR) is 56.8 cm³/mol. The minimum atomic E-state index is -4.84. The normalized spacial score (nSPS) is 12.6. The smallest absolute Gasteiger partial charge is 0.371 e. The highest BCUT2D eigenvalue weighted by Gasteiger charge is 2.36. The Kier molecular flexibility index (Phi) is 3.81. The van der Waals surface area contributed by atoms with Gasteiger partial charge in [-0.3, -0.25) is 4.79 Å². The van der Waals surface area contributed by atoms with Crippen molar-refractivity contribution in [2.75, 3.05) is 7.11 Å². The number of alkyl halides is 3. The third kappa shape index (κ3) is 2.87. The Morgan fingerprint density at radius 3 is 2.22 bits per heavy atom. The van der Waals surface area contributed by atoms with Crippen molar-refractivity contribution in [2.45, 2.75) is 25.6 Å². The maximum Gasteiger partial charge on any atom is 0.419 e. The molecular formula is C12H12F4O2. The van der Waals surface area contributed by atoms with Gasteiger partial charge >= 0.3 is 6.18 Å². The monoisotopic (exact) mass is 264 g/mol. The van der Waals surface area contributed by atoms with Crippen molar-refractivity contribution in [1.29, 1.82) is 0 Å². The van der Waals surface area contributed by atoms with E-state index in [0.717, 1.165) is 6.07 Å². The first-order valence-electron chi connectivity index (χ1n) is 5.06. The van der Waals surface area contributed by atoms with Gasteiger partial charge in [0.15, 0.2) is 5.78 Å². The topological polar surface area (TPSA) is 26.3 Å². The SMILES string of the molecule is COC(C)(C)C(=O)c1ccc(F)c(C(F)(F)F)c1. The van der Waals surface area contributed by atoms with Crippen molar-refractivity contribution >= 4 is 5.78 Å². The summed E-state index contributed by atoms with van der Waals surface area (Å²) in [4.78, 5) is 11.9. The number of ether oxygens (including phenoxy) is 1. The van der Waals surface area contributed by atoms with Gasteiger partial charge in [-0.05, 0) is 32.0 Å². The van der Waals surface area contributed by atoms with E-state index in [2.05, 4.69) is 0 Å². The fourth-order valence-corrected chi connectivity index (χ4v) is 1.32. The molecule has 0 heterocycles. The lowest BCUT2D eigenvalue weighted by Gasteiger charge is -2.21. The Morgan fingerprint density at radius 2 is 1.78 bits per heavy atom. The molecule has 0 bridgehead atoms. The van der Waals surface area contributed by atoms with Gasteiger partial charge in [0.25, 0.3) is 0 Å². The van der Waals surface area contributed by atoms with Gasteiger partial charge in [0.05, 0.1) is 5.56 Å². The zero-order valence-corrected chi connectivity index (χ0v) is 10.1. The van der Waals surface area contributed by atoms with Crippen LogP contribution in [0.3, 0.4) is 0 Å². The summed E-state index contributed by atoms with van der Waals surface area (Å²) in [5.74, 6) is -2.05. The molecule has 0 aromatic heterocycles. The van der Waals surface area contributed by atoms with E-state index in [1.54, 1.807) is 0 Å². The van der Waals surface area contributed by atoms with Crippen LogP contribution in [0.5, 0.6) is 0 Å². The zero-order valence-electron chi connectivity index (χ0n) is 10.1. The molecule has 1 rings (SSSR count). The second-order valence-electron chi connectivity index (χ2n) is 4.24. The number of Topliss-reactive ketones (excluding diaryl/α,β-unsaturated/α-hetero) is 1. The van der Waals surface area contributed by atoms with E-state index in [4.69, 9.17) is 4.74 Å². The lowest BCUT2D eigenvalue weighted by Crippen LogP contribution is -2.34. The summed E-state index contributed by atoms with van der Waals surface area (Å²) in [5, 5.41) is 0. The number of benzene rings is 1. The Bertz CT molecular complexity index is 464. The molecule has 18 heavy (non-hydrogen) atoms. The lowest BCUT2D eigenvalue weighted by molar-refractivity contribution is -0.140. The summed E-state index contributed by atoms with van der Waals surface area (Å²) in [6.07, 6.45) is -4.84. The van der Waals surface area contributed by atoms with Crippen LogP contribution in [0.1, 0.15) is 29.8 Å². The highest BCUT2D eigenvalue weighted by Crippen LogP contribution is 2.32. The molecule has 0 N–H and O–H groups in total. The highest BCUT2D eigenvalue weighted by molar-refractivity contribution is 6.02. The summed E-state index contributed by atoms with van der Waals surface area (Å²) in [6.45, 7) is 2.85. The maximum atomic E-state index is 13.0. The molecule has 0 spiro atoms. The van der Waals surface area contributed by atoms with Gasteiger partial charge in [0.1, 0.15) is 11.4 Å². The van der Waals surface area contributed by atoms with E-state index in [9.17, 15) is 22.4 Å². The Hall–Kier alpha value is -1.43.